The fraction of sp³-hybridized carbons (Fsp3) is 0.333. The van der Waals surface area contributed by atoms with Gasteiger partial charge in [-0.1, -0.05) is 6.07 Å². The lowest BCUT2D eigenvalue weighted by Gasteiger charge is -2.19. The van der Waals surface area contributed by atoms with Crippen LogP contribution in [0.1, 0.15) is 47.1 Å². The lowest BCUT2D eigenvalue weighted by molar-refractivity contribution is 0.0846. The minimum absolute atomic E-state index is 0.0942. The summed E-state index contributed by atoms with van der Waals surface area (Å²) in [4.78, 5) is 24.7. The normalized spacial score (nSPS) is 15.4. The average Bonchev–Trinajstić information content (AvgIpc) is 3.12. The Labute approximate surface area is 153 Å². The summed E-state index contributed by atoms with van der Waals surface area (Å²) in [6.07, 6.45) is 4.22. The van der Waals surface area contributed by atoms with Gasteiger partial charge in [0.2, 0.25) is 0 Å². The van der Waals surface area contributed by atoms with Crippen molar-refractivity contribution in [2.45, 2.75) is 25.2 Å². The van der Waals surface area contributed by atoms with Crippen molar-refractivity contribution in [1.82, 2.24) is 19.4 Å². The lowest BCUT2D eigenvalue weighted by Crippen LogP contribution is -2.15. The van der Waals surface area contributed by atoms with Crippen molar-refractivity contribution in [3.8, 4) is 0 Å². The predicted octanol–water partition coefficient (Wildman–Crippen LogP) is 3.21. The van der Waals surface area contributed by atoms with Gasteiger partial charge in [-0.3, -0.25) is 4.79 Å². The quantitative estimate of drug-likeness (QED) is 0.759. The Morgan fingerprint density at radius 2 is 2.04 bits per heavy atom. The zero-order valence-electron chi connectivity index (χ0n) is 14.3. The number of aromatic nitrogens is 4. The van der Waals surface area contributed by atoms with Crippen LogP contribution in [0.4, 0.5) is 14.6 Å². The Morgan fingerprint density at radius 3 is 2.81 bits per heavy atom. The molecule has 1 aliphatic rings. The van der Waals surface area contributed by atoms with E-state index in [4.69, 9.17) is 4.74 Å². The molecule has 0 radical (unpaired) electrons. The summed E-state index contributed by atoms with van der Waals surface area (Å²) in [5, 5.41) is 2.58. The fourth-order valence-corrected chi connectivity index (χ4v) is 3.05. The molecule has 0 saturated carbocycles. The number of ether oxygens (including phenoxy) is 1. The SMILES string of the molecule is O=C(Nc1cn2cc(C3CCOCC3)nc2cn1)c1cccc(C(F)F)n1. The molecular formula is C18H17F2N5O2. The van der Waals surface area contributed by atoms with Crippen LogP contribution in [0.15, 0.2) is 36.8 Å². The van der Waals surface area contributed by atoms with E-state index in [1.54, 1.807) is 16.8 Å². The fourth-order valence-electron chi connectivity index (χ4n) is 3.05. The van der Waals surface area contributed by atoms with E-state index >= 15 is 0 Å². The van der Waals surface area contributed by atoms with Crippen LogP contribution in [-0.2, 0) is 4.74 Å². The van der Waals surface area contributed by atoms with Gasteiger partial charge in [0.25, 0.3) is 12.3 Å². The summed E-state index contributed by atoms with van der Waals surface area (Å²) in [6.45, 7) is 1.45. The average molecular weight is 373 g/mol. The molecular weight excluding hydrogens is 356 g/mol. The summed E-state index contributed by atoms with van der Waals surface area (Å²) < 4.78 is 32.7. The van der Waals surface area contributed by atoms with E-state index in [9.17, 15) is 13.6 Å². The molecule has 0 aromatic carbocycles. The first kappa shape index (κ1) is 17.5. The lowest BCUT2D eigenvalue weighted by atomic mass is 9.97. The molecule has 1 fully saturated rings. The number of nitrogens with one attached hydrogen (secondary N) is 1. The molecule has 9 heteroatoms. The van der Waals surface area contributed by atoms with Gasteiger partial charge in [0.15, 0.2) is 5.65 Å². The van der Waals surface area contributed by atoms with Crippen molar-refractivity contribution in [2.75, 3.05) is 18.5 Å². The Balaban J connectivity index is 1.53. The second-order valence-corrected chi connectivity index (χ2v) is 6.29. The van der Waals surface area contributed by atoms with Gasteiger partial charge in [-0.2, -0.15) is 0 Å². The maximum Gasteiger partial charge on any atom is 0.280 e. The number of pyridine rings is 1. The maximum absolute atomic E-state index is 12.7. The van der Waals surface area contributed by atoms with E-state index < -0.39 is 18.0 Å². The zero-order valence-corrected chi connectivity index (χ0v) is 14.3. The molecule has 1 amide bonds. The number of halogens is 2. The second kappa shape index (κ2) is 7.36. The molecule has 0 spiro atoms. The Kier molecular flexibility index (Phi) is 4.76. The van der Waals surface area contributed by atoms with Crippen molar-refractivity contribution in [3.05, 3.63) is 53.9 Å². The Morgan fingerprint density at radius 1 is 1.22 bits per heavy atom. The van der Waals surface area contributed by atoms with Gasteiger partial charge in [-0.25, -0.2) is 23.7 Å². The third-order valence-corrected chi connectivity index (χ3v) is 4.47. The van der Waals surface area contributed by atoms with Gasteiger partial charge in [0.1, 0.15) is 17.2 Å². The number of nitrogens with zero attached hydrogens (tertiary/aromatic N) is 4. The largest absolute Gasteiger partial charge is 0.381 e. The first-order valence-electron chi connectivity index (χ1n) is 8.59. The summed E-state index contributed by atoms with van der Waals surface area (Å²) in [7, 11) is 0. The van der Waals surface area contributed by atoms with Crippen LogP contribution in [0.3, 0.4) is 0 Å². The van der Waals surface area contributed by atoms with Gasteiger partial charge in [0, 0.05) is 25.3 Å². The molecule has 1 saturated heterocycles. The highest BCUT2D eigenvalue weighted by atomic mass is 19.3. The molecule has 4 heterocycles. The maximum atomic E-state index is 12.7. The standard InChI is InChI=1S/C18H17F2N5O2/c19-17(20)12-2-1-3-13(22-12)18(26)24-15-10-25-9-14(23-16(25)8-21-15)11-4-6-27-7-5-11/h1-3,8-11,17H,4-7H2,(H,24,26). The van der Waals surface area contributed by atoms with Crippen LogP contribution < -0.4 is 5.32 Å². The van der Waals surface area contributed by atoms with Gasteiger partial charge in [-0.05, 0) is 25.0 Å². The molecule has 7 nitrogen and oxygen atoms in total. The van der Waals surface area contributed by atoms with Crippen LogP contribution in [0.25, 0.3) is 5.65 Å². The number of rotatable bonds is 4. The third-order valence-electron chi connectivity index (χ3n) is 4.47. The van der Waals surface area contributed by atoms with Gasteiger partial charge < -0.3 is 14.5 Å². The molecule has 140 valence electrons. The molecule has 4 rings (SSSR count). The molecule has 0 atom stereocenters. The smallest absolute Gasteiger partial charge is 0.280 e. The second-order valence-electron chi connectivity index (χ2n) is 6.29. The van der Waals surface area contributed by atoms with Crippen LogP contribution in [0.5, 0.6) is 0 Å². The summed E-state index contributed by atoms with van der Waals surface area (Å²) in [5.41, 5.74) is 1.10. The monoisotopic (exact) mass is 373 g/mol. The van der Waals surface area contributed by atoms with E-state index in [0.29, 0.717) is 11.6 Å². The topological polar surface area (TPSA) is 81.4 Å². The number of anilines is 1. The van der Waals surface area contributed by atoms with E-state index in [1.807, 2.05) is 6.20 Å². The van der Waals surface area contributed by atoms with Crippen molar-refractivity contribution >= 4 is 17.4 Å². The van der Waals surface area contributed by atoms with Gasteiger partial charge >= 0.3 is 0 Å². The van der Waals surface area contributed by atoms with E-state index in [0.717, 1.165) is 31.7 Å². The molecule has 3 aromatic rings. The minimum Gasteiger partial charge on any atom is -0.381 e. The van der Waals surface area contributed by atoms with Gasteiger partial charge in [-0.15, -0.1) is 0 Å². The number of amides is 1. The number of imidazole rings is 1. The molecule has 1 N–H and O–H groups in total. The van der Waals surface area contributed by atoms with Crippen LogP contribution in [-0.4, -0.2) is 38.5 Å². The van der Waals surface area contributed by atoms with E-state index in [1.165, 1.54) is 18.2 Å². The number of hydrogen-bond donors (Lipinski definition) is 1. The summed E-state index contributed by atoms with van der Waals surface area (Å²) >= 11 is 0. The van der Waals surface area contributed by atoms with E-state index in [-0.39, 0.29) is 11.5 Å². The first-order chi connectivity index (χ1) is 13.1. The number of alkyl halides is 2. The first-order valence-corrected chi connectivity index (χ1v) is 8.59. The number of carbonyl (C=O) groups excluding carboxylic acids is 1. The number of hydrogen-bond acceptors (Lipinski definition) is 5. The van der Waals surface area contributed by atoms with Crippen molar-refractivity contribution < 1.29 is 18.3 Å². The molecule has 27 heavy (non-hydrogen) atoms. The van der Waals surface area contributed by atoms with Crippen LogP contribution >= 0.6 is 0 Å². The molecule has 3 aromatic heterocycles. The number of carbonyl (C=O) groups is 1. The highest BCUT2D eigenvalue weighted by Crippen LogP contribution is 2.26. The molecule has 0 bridgehead atoms. The summed E-state index contributed by atoms with van der Waals surface area (Å²) in [6, 6.07) is 3.92. The highest BCUT2D eigenvalue weighted by molar-refractivity contribution is 6.02. The molecule has 0 unspecified atom stereocenters. The van der Waals surface area contributed by atoms with Crippen molar-refractivity contribution in [1.29, 1.82) is 0 Å². The Hall–Kier alpha value is -2.94. The minimum atomic E-state index is -2.73. The summed E-state index contributed by atoms with van der Waals surface area (Å²) in [5.74, 6) is 0.0276. The van der Waals surface area contributed by atoms with E-state index in [2.05, 4.69) is 20.3 Å². The zero-order chi connectivity index (χ0) is 18.8. The number of fused-ring (bicyclic) bond motifs is 1. The molecule has 1 aliphatic heterocycles. The van der Waals surface area contributed by atoms with Crippen molar-refractivity contribution in [3.63, 3.8) is 0 Å². The van der Waals surface area contributed by atoms with Crippen molar-refractivity contribution in [2.24, 2.45) is 0 Å². The van der Waals surface area contributed by atoms with Crippen LogP contribution in [0, 0.1) is 0 Å². The third kappa shape index (κ3) is 3.77. The Bertz CT molecular complexity index is 969. The predicted molar refractivity (Wildman–Crippen MR) is 92.9 cm³/mol. The van der Waals surface area contributed by atoms with Crippen LogP contribution in [0.2, 0.25) is 0 Å². The molecule has 0 aliphatic carbocycles. The highest BCUT2D eigenvalue weighted by Gasteiger charge is 2.19. The van der Waals surface area contributed by atoms with Gasteiger partial charge in [0.05, 0.1) is 18.1 Å².